The van der Waals surface area contributed by atoms with Gasteiger partial charge in [0.05, 0.1) is 0 Å². The molecule has 92 valence electrons. The number of carbonyl (C=O) groups is 1. The van der Waals surface area contributed by atoms with Crippen molar-refractivity contribution < 1.29 is 14.6 Å². The summed E-state index contributed by atoms with van der Waals surface area (Å²) < 4.78 is 5.52. The van der Waals surface area contributed by atoms with Crippen molar-refractivity contribution in [2.24, 2.45) is 0 Å². The van der Waals surface area contributed by atoms with Crippen LogP contribution in [0.1, 0.15) is 15.9 Å². The van der Waals surface area contributed by atoms with Gasteiger partial charge in [0.2, 0.25) is 5.88 Å². The van der Waals surface area contributed by atoms with E-state index in [1.165, 1.54) is 6.20 Å². The highest BCUT2D eigenvalue weighted by Crippen LogP contribution is 2.19. The largest absolute Gasteiger partial charge is 0.439 e. The Morgan fingerprint density at radius 3 is 2.50 bits per heavy atom. The van der Waals surface area contributed by atoms with Gasteiger partial charge in [-0.1, -0.05) is 17.7 Å². The molecule has 0 aliphatic rings. The fourth-order valence-corrected chi connectivity index (χ4v) is 1.42. The second kappa shape index (κ2) is 5.42. The predicted octanol–water partition coefficient (Wildman–Crippen LogP) is 2.36. The van der Waals surface area contributed by atoms with E-state index in [9.17, 15) is 4.79 Å². The van der Waals surface area contributed by atoms with Gasteiger partial charge in [0, 0.05) is 17.8 Å². The van der Waals surface area contributed by atoms with E-state index >= 15 is 0 Å². The molecule has 1 aromatic heterocycles. The van der Waals surface area contributed by atoms with Gasteiger partial charge in [-0.15, -0.1) is 0 Å². The first-order chi connectivity index (χ1) is 8.69. The van der Waals surface area contributed by atoms with Gasteiger partial charge in [0.15, 0.2) is 5.78 Å². The smallest absolute Gasteiger partial charge is 0.219 e. The van der Waals surface area contributed by atoms with E-state index in [2.05, 4.69) is 4.98 Å². The van der Waals surface area contributed by atoms with Crippen molar-refractivity contribution >= 4 is 5.78 Å². The van der Waals surface area contributed by atoms with E-state index in [1.807, 2.05) is 31.2 Å². The number of hydrogen-bond acceptors (Lipinski definition) is 4. The maximum Gasteiger partial charge on any atom is 0.219 e. The summed E-state index contributed by atoms with van der Waals surface area (Å²) in [5.41, 5.74) is 1.52. The molecule has 0 fully saturated rings. The number of aromatic nitrogens is 1. The first-order valence-corrected chi connectivity index (χ1v) is 5.53. The van der Waals surface area contributed by atoms with Crippen LogP contribution in [0.2, 0.25) is 0 Å². The highest BCUT2D eigenvalue weighted by atomic mass is 16.5. The zero-order valence-corrected chi connectivity index (χ0v) is 9.96. The van der Waals surface area contributed by atoms with Gasteiger partial charge < -0.3 is 9.84 Å². The normalized spacial score (nSPS) is 10.1. The monoisotopic (exact) mass is 243 g/mol. The van der Waals surface area contributed by atoms with Crippen LogP contribution >= 0.6 is 0 Å². The van der Waals surface area contributed by atoms with Crippen LogP contribution in [-0.2, 0) is 0 Å². The number of aliphatic hydroxyl groups is 1. The number of Topliss-reactive ketones (excluding diaryl/α,β-unsaturated/α-hetero) is 1. The molecule has 4 nitrogen and oxygen atoms in total. The molecule has 0 atom stereocenters. The van der Waals surface area contributed by atoms with Gasteiger partial charge in [0.25, 0.3) is 0 Å². The van der Waals surface area contributed by atoms with Crippen LogP contribution in [0.15, 0.2) is 42.6 Å². The molecule has 4 heteroatoms. The molecule has 0 amide bonds. The Morgan fingerprint density at radius 2 is 1.94 bits per heavy atom. The topological polar surface area (TPSA) is 59.4 Å². The van der Waals surface area contributed by atoms with Crippen LogP contribution in [0.3, 0.4) is 0 Å². The molecule has 2 rings (SSSR count). The Hall–Kier alpha value is -2.20. The van der Waals surface area contributed by atoms with Crippen LogP contribution in [0.25, 0.3) is 0 Å². The molecule has 1 N–H and O–H groups in total. The van der Waals surface area contributed by atoms with Crippen molar-refractivity contribution in [3.8, 4) is 11.6 Å². The molecule has 1 aromatic carbocycles. The maximum atomic E-state index is 11.2. The number of ketones is 1. The quantitative estimate of drug-likeness (QED) is 0.837. The summed E-state index contributed by atoms with van der Waals surface area (Å²) in [5, 5.41) is 8.71. The highest BCUT2D eigenvalue weighted by Gasteiger charge is 2.05. The number of carbonyl (C=O) groups excluding carboxylic acids is 1. The fraction of sp³-hybridized carbons (Fsp3) is 0.143. The Morgan fingerprint density at radius 1 is 1.22 bits per heavy atom. The van der Waals surface area contributed by atoms with Crippen LogP contribution in [0.4, 0.5) is 0 Å². The number of benzene rings is 1. The van der Waals surface area contributed by atoms with Gasteiger partial charge in [-0.2, -0.15) is 0 Å². The summed E-state index contributed by atoms with van der Waals surface area (Å²) in [7, 11) is 0. The van der Waals surface area contributed by atoms with E-state index in [1.54, 1.807) is 12.1 Å². The lowest BCUT2D eigenvalue weighted by atomic mass is 10.2. The third-order valence-corrected chi connectivity index (χ3v) is 2.45. The van der Waals surface area contributed by atoms with Crippen LogP contribution in [0.5, 0.6) is 11.6 Å². The summed E-state index contributed by atoms with van der Waals surface area (Å²) >= 11 is 0. The van der Waals surface area contributed by atoms with Crippen molar-refractivity contribution in [1.82, 2.24) is 4.98 Å². The third-order valence-electron chi connectivity index (χ3n) is 2.45. The first kappa shape index (κ1) is 12.3. The number of nitrogens with zero attached hydrogens (tertiary/aromatic N) is 1. The molecule has 0 aliphatic carbocycles. The highest BCUT2D eigenvalue weighted by molar-refractivity contribution is 5.96. The lowest BCUT2D eigenvalue weighted by molar-refractivity contribution is 0.0903. The number of ether oxygens (including phenoxy) is 1. The molecule has 18 heavy (non-hydrogen) atoms. The van der Waals surface area contributed by atoms with Gasteiger partial charge in [-0.25, -0.2) is 4.98 Å². The van der Waals surface area contributed by atoms with E-state index < -0.39 is 6.61 Å². The van der Waals surface area contributed by atoms with Gasteiger partial charge in [-0.3, -0.25) is 4.79 Å². The van der Waals surface area contributed by atoms with Crippen molar-refractivity contribution in [1.29, 1.82) is 0 Å². The number of hydrogen-bond donors (Lipinski definition) is 1. The number of rotatable bonds is 4. The van der Waals surface area contributed by atoms with Gasteiger partial charge in [0.1, 0.15) is 12.4 Å². The second-order valence-electron chi connectivity index (χ2n) is 3.88. The molecule has 1 heterocycles. The Bertz CT molecular complexity index is 532. The summed E-state index contributed by atoms with van der Waals surface area (Å²) in [6.45, 7) is 1.48. The minimum atomic E-state index is -0.514. The fourth-order valence-electron chi connectivity index (χ4n) is 1.42. The van der Waals surface area contributed by atoms with Crippen molar-refractivity contribution in [2.45, 2.75) is 6.92 Å². The molecule has 0 spiro atoms. The molecule has 0 aliphatic heterocycles. The molecule has 0 radical (unpaired) electrons. The number of aryl methyl sites for hydroxylation is 1. The summed E-state index contributed by atoms with van der Waals surface area (Å²) in [6, 6.07) is 10.8. The molecular formula is C14H13NO3. The number of pyridine rings is 1. The van der Waals surface area contributed by atoms with Gasteiger partial charge >= 0.3 is 0 Å². The van der Waals surface area contributed by atoms with Crippen LogP contribution in [-0.4, -0.2) is 22.5 Å². The van der Waals surface area contributed by atoms with Gasteiger partial charge in [-0.05, 0) is 25.1 Å². The van der Waals surface area contributed by atoms with Crippen molar-refractivity contribution in [3.05, 3.63) is 53.7 Å². The Kier molecular flexibility index (Phi) is 3.69. The lowest BCUT2D eigenvalue weighted by Gasteiger charge is -2.05. The molecule has 0 saturated carbocycles. The summed E-state index contributed by atoms with van der Waals surface area (Å²) in [4.78, 5) is 15.2. The molecule has 2 aromatic rings. The molecule has 0 saturated heterocycles. The molecule has 0 unspecified atom stereocenters. The van der Waals surface area contributed by atoms with Crippen molar-refractivity contribution in [3.63, 3.8) is 0 Å². The first-order valence-electron chi connectivity index (χ1n) is 5.53. The average molecular weight is 243 g/mol. The minimum Gasteiger partial charge on any atom is -0.439 e. The molecular weight excluding hydrogens is 230 g/mol. The van der Waals surface area contributed by atoms with E-state index in [-0.39, 0.29) is 5.78 Å². The van der Waals surface area contributed by atoms with E-state index in [4.69, 9.17) is 9.84 Å². The molecule has 0 bridgehead atoms. The predicted molar refractivity (Wildman–Crippen MR) is 66.9 cm³/mol. The summed E-state index contributed by atoms with van der Waals surface area (Å²) in [6.07, 6.45) is 1.39. The standard InChI is InChI=1S/C14H13NO3/c1-10-2-5-12(6-3-10)18-14-7-4-11(8-15-14)13(17)9-16/h2-8,16H,9H2,1H3. The van der Waals surface area contributed by atoms with Crippen molar-refractivity contribution in [2.75, 3.05) is 6.61 Å². The number of aliphatic hydroxyl groups excluding tert-OH is 1. The SMILES string of the molecule is Cc1ccc(Oc2ccc(C(=O)CO)cn2)cc1. The zero-order chi connectivity index (χ0) is 13.0. The second-order valence-corrected chi connectivity index (χ2v) is 3.88. The maximum absolute atomic E-state index is 11.2. The van der Waals surface area contributed by atoms with E-state index in [0.29, 0.717) is 17.2 Å². The minimum absolute atomic E-state index is 0.357. The van der Waals surface area contributed by atoms with Crippen LogP contribution in [0, 0.1) is 6.92 Å². The zero-order valence-electron chi connectivity index (χ0n) is 9.96. The Labute approximate surface area is 105 Å². The summed E-state index contributed by atoms with van der Waals surface area (Å²) in [5.74, 6) is 0.743. The third kappa shape index (κ3) is 2.93. The lowest BCUT2D eigenvalue weighted by Crippen LogP contribution is -2.04. The van der Waals surface area contributed by atoms with Crippen LogP contribution < -0.4 is 4.74 Å². The Balaban J connectivity index is 2.10. The van der Waals surface area contributed by atoms with E-state index in [0.717, 1.165) is 5.56 Å². The average Bonchev–Trinajstić information content (AvgIpc) is 2.41.